The first-order valence-corrected chi connectivity index (χ1v) is 23.3. The van der Waals surface area contributed by atoms with Crippen molar-refractivity contribution in [1.82, 2.24) is 0 Å². The topological polar surface area (TPSA) is 0 Å². The maximum atomic E-state index is 4.93. The van der Waals surface area contributed by atoms with Crippen molar-refractivity contribution in [1.29, 1.82) is 0 Å². The molecule has 0 radical (unpaired) electrons. The summed E-state index contributed by atoms with van der Waals surface area (Å²) >= 11 is -0.826. The van der Waals surface area contributed by atoms with E-state index in [0.717, 1.165) is 11.6 Å². The van der Waals surface area contributed by atoms with E-state index in [4.69, 9.17) is 17.0 Å². The standard InChI is InChI=1S/C35H40BP.2CH3.2ClH.Zr/c1-5-17-30(18-6-1)36(31-19-13-14-20-31,32-21-15-16-22-32)29-37(33-23-7-2-8-24-33,34-25-9-3-10-26-34)35-27-11-4-12-28-35;;;;;/h1-12,17-18,23-28,31-32H,13-16,19-22,29H2;2*1H3;2*1H;/q;2*-1;;;+4/p-2. The monoisotopic (exact) mass is 692 g/mol. The molecule has 0 nitrogen and oxygen atoms in total. The summed E-state index contributed by atoms with van der Waals surface area (Å²) in [5.41, 5.74) is 1.67. The third-order valence-electron chi connectivity index (χ3n) is 10.1. The Morgan fingerprint density at radius 2 is 0.810 bits per heavy atom. The van der Waals surface area contributed by atoms with Crippen LogP contribution in [0.25, 0.3) is 0 Å². The summed E-state index contributed by atoms with van der Waals surface area (Å²) < 4.78 is 0. The van der Waals surface area contributed by atoms with Crippen LogP contribution in [0, 0.1) is 14.9 Å². The fraction of sp³-hybridized carbons (Fsp3) is 0.297. The Balaban J connectivity index is 0.000000930. The van der Waals surface area contributed by atoms with Crippen molar-refractivity contribution >= 4 is 51.8 Å². The van der Waals surface area contributed by atoms with E-state index in [1.54, 1.807) is 21.4 Å². The quantitative estimate of drug-likeness (QED) is 0.0979. The van der Waals surface area contributed by atoms with Crippen molar-refractivity contribution in [2.45, 2.75) is 63.0 Å². The van der Waals surface area contributed by atoms with Gasteiger partial charge in [-0.05, 0) is 42.5 Å². The molecule has 220 valence electrons. The largest absolute Gasteiger partial charge is 0.205 e. The van der Waals surface area contributed by atoms with Crippen LogP contribution in [-0.4, -0.2) is 12.2 Å². The molecule has 2 aliphatic rings. The first kappa shape index (κ1) is 35.3. The van der Waals surface area contributed by atoms with Crippen molar-refractivity contribution in [3.05, 3.63) is 136 Å². The Hall–Kier alpha value is -1.16. The smallest absolute Gasteiger partial charge is 0.101 e. The second-order valence-corrected chi connectivity index (χ2v) is 19.0. The summed E-state index contributed by atoms with van der Waals surface area (Å²) in [6.45, 7) is 0. The van der Waals surface area contributed by atoms with Crippen LogP contribution >= 0.6 is 24.3 Å². The zero-order valence-corrected chi connectivity index (χ0v) is 30.2. The molecule has 0 bridgehead atoms. The van der Waals surface area contributed by atoms with E-state index in [0.29, 0.717) is 0 Å². The summed E-state index contributed by atoms with van der Waals surface area (Å²) in [5, 5.41) is 4.64. The molecule has 2 aliphatic carbocycles. The third-order valence-corrected chi connectivity index (χ3v) is 14.8. The predicted molar refractivity (Wildman–Crippen MR) is 191 cm³/mol. The van der Waals surface area contributed by atoms with E-state index >= 15 is 0 Å². The van der Waals surface area contributed by atoms with Crippen molar-refractivity contribution < 1.29 is 20.8 Å². The molecule has 5 heteroatoms. The summed E-state index contributed by atoms with van der Waals surface area (Å²) in [4.78, 5) is 0. The van der Waals surface area contributed by atoms with Gasteiger partial charge in [0.25, 0.3) is 0 Å². The van der Waals surface area contributed by atoms with Crippen LogP contribution in [-0.2, 0) is 20.8 Å². The van der Waals surface area contributed by atoms with Crippen LogP contribution in [0.2, 0.25) is 11.6 Å². The molecule has 0 amide bonds. The van der Waals surface area contributed by atoms with Gasteiger partial charge in [0.1, 0.15) is 15.9 Å². The van der Waals surface area contributed by atoms with Crippen LogP contribution in [0.15, 0.2) is 121 Å². The number of hydrogen-bond acceptors (Lipinski definition) is 0. The van der Waals surface area contributed by atoms with Crippen molar-refractivity contribution in [3.8, 4) is 0 Å². The Morgan fingerprint density at radius 1 is 0.524 bits per heavy atom. The predicted octanol–water partition coefficient (Wildman–Crippen LogP) is 10.0. The van der Waals surface area contributed by atoms with E-state index in [1.807, 2.05) is 0 Å². The zero-order chi connectivity index (χ0) is 27.7. The fourth-order valence-electron chi connectivity index (χ4n) is 8.51. The second kappa shape index (κ2) is 17.4. The summed E-state index contributed by atoms with van der Waals surface area (Å²) in [6, 6.07) is 48.1. The Labute approximate surface area is 276 Å². The molecule has 42 heavy (non-hydrogen) atoms. The van der Waals surface area contributed by atoms with Crippen LogP contribution < -0.4 is 21.4 Å². The van der Waals surface area contributed by atoms with Gasteiger partial charge in [0, 0.05) is 0 Å². The van der Waals surface area contributed by atoms with E-state index in [2.05, 4.69) is 121 Å². The van der Waals surface area contributed by atoms with Crippen LogP contribution in [0.3, 0.4) is 0 Å². The number of benzene rings is 4. The number of halogens is 2. The average molecular weight is 695 g/mol. The molecular weight excluding hydrogens is 648 g/mol. The maximum absolute atomic E-state index is 4.93. The van der Waals surface area contributed by atoms with E-state index in [1.165, 1.54) is 57.4 Å². The first-order chi connectivity index (χ1) is 19.8. The minimum Gasteiger partial charge on any atom is -0.205 e. The van der Waals surface area contributed by atoms with Crippen LogP contribution in [0.4, 0.5) is 0 Å². The van der Waals surface area contributed by atoms with E-state index in [9.17, 15) is 0 Å². The molecule has 0 unspecified atom stereocenters. The molecule has 0 saturated heterocycles. The molecule has 0 aliphatic heterocycles. The molecule has 6 rings (SSSR count). The molecule has 4 aromatic carbocycles. The Bertz CT molecular complexity index is 1170. The van der Waals surface area contributed by atoms with E-state index in [-0.39, 0.29) is 14.9 Å². The van der Waals surface area contributed by atoms with Gasteiger partial charge in [-0.2, -0.15) is 11.6 Å². The summed E-state index contributed by atoms with van der Waals surface area (Å²) in [6.07, 6.45) is 10.5. The molecule has 2 fully saturated rings. The maximum Gasteiger partial charge on any atom is 0.101 e. The van der Waals surface area contributed by atoms with Gasteiger partial charge in [-0.1, -0.05) is 136 Å². The van der Waals surface area contributed by atoms with Crippen LogP contribution in [0.1, 0.15) is 51.4 Å². The zero-order valence-electron chi connectivity index (χ0n) is 25.3. The molecular formula is C37H46BCl2PZr. The van der Waals surface area contributed by atoms with E-state index < -0.39 is 34.3 Å². The Morgan fingerprint density at radius 3 is 1.12 bits per heavy atom. The van der Waals surface area contributed by atoms with Gasteiger partial charge in [0.05, 0.1) is 13.4 Å². The Kier molecular flexibility index (Phi) is 14.6. The summed E-state index contributed by atoms with van der Waals surface area (Å²) in [7, 11) is 7.95. The van der Waals surface area contributed by atoms with Gasteiger partial charge in [-0.3, -0.25) is 0 Å². The number of hydrogen-bond donors (Lipinski definition) is 0. The van der Waals surface area contributed by atoms with Gasteiger partial charge < -0.3 is 14.9 Å². The van der Waals surface area contributed by atoms with Gasteiger partial charge in [0.15, 0.2) is 0 Å². The van der Waals surface area contributed by atoms with Gasteiger partial charge in [-0.25, -0.2) is 5.46 Å². The molecule has 0 heterocycles. The van der Waals surface area contributed by atoms with Gasteiger partial charge in [0.2, 0.25) is 0 Å². The molecule has 0 N–H and O–H groups in total. The second-order valence-electron chi connectivity index (χ2n) is 11.8. The normalized spacial score (nSPS) is 15.5. The third kappa shape index (κ3) is 7.37. The minimum absolute atomic E-state index is 0. The molecule has 0 spiro atoms. The molecule has 4 aromatic rings. The fourth-order valence-corrected chi connectivity index (χ4v) is 13.8. The average Bonchev–Trinajstić information content (AvgIpc) is 3.77. The van der Waals surface area contributed by atoms with Crippen molar-refractivity contribution in [3.63, 3.8) is 0 Å². The van der Waals surface area contributed by atoms with Gasteiger partial charge >= 0.3 is 37.9 Å². The summed E-state index contributed by atoms with van der Waals surface area (Å²) in [5.74, 6) is 1.64. The minimum atomic E-state index is -1.92. The van der Waals surface area contributed by atoms with Crippen molar-refractivity contribution in [2.75, 3.05) is 6.06 Å². The molecule has 0 aromatic heterocycles. The number of rotatable bonds is 8. The van der Waals surface area contributed by atoms with Gasteiger partial charge in [-0.15, -0.1) is 0 Å². The van der Waals surface area contributed by atoms with Crippen molar-refractivity contribution in [2.24, 2.45) is 0 Å². The molecule has 0 atom stereocenters. The SMILES string of the molecule is [CH3-].[CH3-].[Cl][Zr+2][Cl].c1ccc([B-](C[P+](c2ccccc2)(c2ccccc2)c2ccccc2)(C2CCCC2)C2CCCC2)cc1. The molecule has 2 saturated carbocycles. The van der Waals surface area contributed by atoms with Crippen LogP contribution in [0.5, 0.6) is 0 Å². The first-order valence-electron chi connectivity index (χ1n) is 15.0.